The Hall–Kier alpha value is -0.790. The summed E-state index contributed by atoms with van der Waals surface area (Å²) in [6.07, 6.45) is 3.51. The molecular weight excluding hydrogens is 116 g/mol. The third-order valence-corrected chi connectivity index (χ3v) is 0.953. The lowest BCUT2D eigenvalue weighted by Gasteiger charge is -1.96. The highest BCUT2D eigenvalue weighted by Crippen LogP contribution is 2.01. The molecule has 0 bridgehead atoms. The fraction of sp³-hybridized carbons (Fsp3) is 0.571. The van der Waals surface area contributed by atoms with Crippen molar-refractivity contribution >= 4 is 6.47 Å². The molecule has 0 N–H and O–H groups in total. The Morgan fingerprint density at radius 2 is 2.33 bits per heavy atom. The maximum atomic E-state index is 9.66. The van der Waals surface area contributed by atoms with E-state index in [-0.39, 0.29) is 0 Å². The van der Waals surface area contributed by atoms with Crippen molar-refractivity contribution in [2.75, 3.05) is 0 Å². The molecule has 2 heteroatoms. The van der Waals surface area contributed by atoms with Crippen LogP contribution in [0.4, 0.5) is 0 Å². The predicted molar refractivity (Wildman–Crippen MR) is 35.4 cm³/mol. The van der Waals surface area contributed by atoms with Crippen molar-refractivity contribution in [3.63, 3.8) is 0 Å². The van der Waals surface area contributed by atoms with Crippen LogP contribution in [0.3, 0.4) is 0 Å². The van der Waals surface area contributed by atoms with Gasteiger partial charge in [-0.25, -0.2) is 4.79 Å². The van der Waals surface area contributed by atoms with E-state index in [1.54, 1.807) is 0 Å². The zero-order valence-corrected chi connectivity index (χ0v) is 5.81. The van der Waals surface area contributed by atoms with E-state index in [0.717, 1.165) is 12.8 Å². The summed E-state index contributed by atoms with van der Waals surface area (Å²) in [7, 11) is 0. The van der Waals surface area contributed by atoms with Crippen LogP contribution >= 0.6 is 0 Å². The molecule has 0 aliphatic heterocycles. The molecule has 0 spiro atoms. The van der Waals surface area contributed by atoms with Crippen molar-refractivity contribution in [1.82, 2.24) is 0 Å². The molecule has 0 unspecified atom stereocenters. The molecule has 9 heavy (non-hydrogen) atoms. The van der Waals surface area contributed by atoms with Gasteiger partial charge in [-0.15, -0.1) is 0 Å². The van der Waals surface area contributed by atoms with E-state index in [2.05, 4.69) is 4.74 Å². The summed E-state index contributed by atoms with van der Waals surface area (Å²) in [6, 6.07) is 0. The second kappa shape index (κ2) is 5.35. The number of allylic oxidation sites excluding steroid dienone is 2. The van der Waals surface area contributed by atoms with E-state index < -0.39 is 0 Å². The van der Waals surface area contributed by atoms with Gasteiger partial charge in [0.2, 0.25) is 0 Å². The van der Waals surface area contributed by atoms with Gasteiger partial charge in [0.25, 0.3) is 0 Å². The summed E-state index contributed by atoms with van der Waals surface area (Å²) in [5.41, 5.74) is 0. The molecule has 0 aliphatic carbocycles. The lowest BCUT2D eigenvalue weighted by atomic mass is 10.3. The molecule has 0 rings (SSSR count). The van der Waals surface area contributed by atoms with Crippen LogP contribution in [0, 0.1) is 0 Å². The molecule has 51 valence electrons. The first-order chi connectivity index (χ1) is 4.35. The van der Waals surface area contributed by atoms with Crippen molar-refractivity contribution in [3.05, 3.63) is 11.8 Å². The van der Waals surface area contributed by atoms with Crippen LogP contribution in [0.2, 0.25) is 0 Å². The van der Waals surface area contributed by atoms with E-state index >= 15 is 0 Å². The highest BCUT2D eigenvalue weighted by Gasteiger charge is 1.90. The SMILES string of the molecule is CCC=C(CC)O[C]=O. The number of ether oxygens (including phenoxy) is 1. The summed E-state index contributed by atoms with van der Waals surface area (Å²) < 4.78 is 4.49. The molecular formula is C7H11O2. The Morgan fingerprint density at radius 1 is 1.67 bits per heavy atom. The fourth-order valence-corrected chi connectivity index (χ4v) is 0.539. The average Bonchev–Trinajstić information content (AvgIpc) is 1.88. The quantitative estimate of drug-likeness (QED) is 0.538. The van der Waals surface area contributed by atoms with Crippen molar-refractivity contribution in [3.8, 4) is 0 Å². The van der Waals surface area contributed by atoms with Gasteiger partial charge in [-0.2, -0.15) is 0 Å². The molecule has 0 heterocycles. The first-order valence-corrected chi connectivity index (χ1v) is 3.08. The number of carbonyl (C=O) groups excluding carboxylic acids is 1. The number of hydrogen-bond acceptors (Lipinski definition) is 2. The van der Waals surface area contributed by atoms with Gasteiger partial charge in [0.05, 0.1) is 0 Å². The molecule has 0 saturated carbocycles. The number of hydrogen-bond donors (Lipinski definition) is 0. The van der Waals surface area contributed by atoms with Crippen LogP contribution in [0.15, 0.2) is 11.8 Å². The van der Waals surface area contributed by atoms with Gasteiger partial charge in [0.1, 0.15) is 5.76 Å². The Kier molecular flexibility index (Phi) is 4.88. The summed E-state index contributed by atoms with van der Waals surface area (Å²) in [5.74, 6) is 0.701. The summed E-state index contributed by atoms with van der Waals surface area (Å²) >= 11 is 0. The average molecular weight is 127 g/mol. The summed E-state index contributed by atoms with van der Waals surface area (Å²) in [4.78, 5) is 9.66. The third kappa shape index (κ3) is 3.76. The van der Waals surface area contributed by atoms with Crippen LogP contribution in [-0.4, -0.2) is 6.47 Å². The second-order valence-electron chi connectivity index (χ2n) is 1.62. The zero-order chi connectivity index (χ0) is 7.11. The van der Waals surface area contributed by atoms with Crippen molar-refractivity contribution in [1.29, 1.82) is 0 Å². The van der Waals surface area contributed by atoms with Gasteiger partial charge in [-0.05, 0) is 12.5 Å². The highest BCUT2D eigenvalue weighted by molar-refractivity contribution is 5.40. The van der Waals surface area contributed by atoms with E-state index in [0.29, 0.717) is 5.76 Å². The van der Waals surface area contributed by atoms with Crippen LogP contribution < -0.4 is 0 Å². The molecule has 2 nitrogen and oxygen atoms in total. The van der Waals surface area contributed by atoms with Crippen LogP contribution in [0.25, 0.3) is 0 Å². The first kappa shape index (κ1) is 8.21. The molecule has 0 fully saturated rings. The molecule has 0 atom stereocenters. The van der Waals surface area contributed by atoms with Gasteiger partial charge in [0, 0.05) is 6.42 Å². The Labute approximate surface area is 55.5 Å². The maximum Gasteiger partial charge on any atom is 0.422 e. The molecule has 0 aromatic carbocycles. The van der Waals surface area contributed by atoms with Crippen LogP contribution in [0.5, 0.6) is 0 Å². The largest absolute Gasteiger partial charge is 0.423 e. The predicted octanol–water partition coefficient (Wildman–Crippen LogP) is 1.77. The highest BCUT2D eigenvalue weighted by atomic mass is 16.5. The van der Waals surface area contributed by atoms with Crippen molar-refractivity contribution < 1.29 is 9.53 Å². The molecule has 0 saturated heterocycles. The smallest absolute Gasteiger partial charge is 0.422 e. The monoisotopic (exact) mass is 127 g/mol. The topological polar surface area (TPSA) is 26.3 Å². The lowest BCUT2D eigenvalue weighted by molar-refractivity contribution is 0.350. The van der Waals surface area contributed by atoms with Crippen LogP contribution in [-0.2, 0) is 9.53 Å². The summed E-state index contributed by atoms with van der Waals surface area (Å²) in [5, 5.41) is 0. The number of rotatable bonds is 4. The van der Waals surface area contributed by atoms with E-state index in [9.17, 15) is 4.79 Å². The lowest BCUT2D eigenvalue weighted by Crippen LogP contribution is -1.86. The Morgan fingerprint density at radius 3 is 2.67 bits per heavy atom. The minimum atomic E-state index is 0.701. The molecule has 0 aromatic rings. The van der Waals surface area contributed by atoms with Crippen molar-refractivity contribution in [2.24, 2.45) is 0 Å². The second-order valence-corrected chi connectivity index (χ2v) is 1.62. The normalized spacial score (nSPS) is 11.1. The summed E-state index contributed by atoms with van der Waals surface area (Å²) in [6.45, 7) is 5.30. The molecule has 0 aromatic heterocycles. The van der Waals surface area contributed by atoms with Crippen molar-refractivity contribution in [2.45, 2.75) is 26.7 Å². The standard InChI is InChI=1S/C7H11O2/c1-3-5-7(4-2)9-6-8/h5H,3-4H2,1-2H3. The first-order valence-electron chi connectivity index (χ1n) is 3.08. The van der Waals surface area contributed by atoms with Crippen LogP contribution in [0.1, 0.15) is 26.7 Å². The molecule has 0 aliphatic rings. The Balaban J connectivity index is 3.65. The third-order valence-electron chi connectivity index (χ3n) is 0.953. The van der Waals surface area contributed by atoms with Gasteiger partial charge in [0.15, 0.2) is 0 Å². The van der Waals surface area contributed by atoms with Gasteiger partial charge >= 0.3 is 6.47 Å². The minimum Gasteiger partial charge on any atom is -0.423 e. The minimum absolute atomic E-state index is 0.701. The van der Waals surface area contributed by atoms with Gasteiger partial charge in [-0.3, -0.25) is 0 Å². The Bertz CT molecular complexity index is 105. The van der Waals surface area contributed by atoms with Gasteiger partial charge < -0.3 is 4.74 Å². The van der Waals surface area contributed by atoms with Gasteiger partial charge in [-0.1, -0.05) is 13.8 Å². The van der Waals surface area contributed by atoms with E-state index in [4.69, 9.17) is 0 Å². The van der Waals surface area contributed by atoms with E-state index in [1.807, 2.05) is 19.9 Å². The molecule has 0 amide bonds. The maximum absolute atomic E-state index is 9.66. The fourth-order valence-electron chi connectivity index (χ4n) is 0.539. The molecule has 1 radical (unpaired) electrons. The zero-order valence-electron chi connectivity index (χ0n) is 5.81. The van der Waals surface area contributed by atoms with E-state index in [1.165, 1.54) is 6.47 Å².